The number of likely N-dealkylation sites (N-methyl/N-ethyl adjacent to an activating group) is 1. The first-order valence-electron chi connectivity index (χ1n) is 18.2. The van der Waals surface area contributed by atoms with E-state index in [9.17, 15) is 14.4 Å². The van der Waals surface area contributed by atoms with Gasteiger partial charge in [-0.15, -0.1) is 11.3 Å². The molecule has 1 saturated carbocycles. The van der Waals surface area contributed by atoms with Gasteiger partial charge in [0, 0.05) is 29.9 Å². The van der Waals surface area contributed by atoms with Crippen LogP contribution in [-0.4, -0.2) is 64.0 Å². The van der Waals surface area contributed by atoms with Crippen molar-refractivity contribution >= 4 is 40.0 Å². The average Bonchev–Trinajstić information content (AvgIpc) is 3.82. The van der Waals surface area contributed by atoms with Crippen molar-refractivity contribution in [2.75, 3.05) is 13.6 Å². The Morgan fingerprint density at radius 3 is 2.37 bits per heavy atom. The van der Waals surface area contributed by atoms with E-state index in [1.165, 1.54) is 4.90 Å². The van der Waals surface area contributed by atoms with Crippen LogP contribution in [0, 0.1) is 5.92 Å². The molecule has 9 nitrogen and oxygen atoms in total. The number of hydrogen-bond donors (Lipinski definition) is 1. The van der Waals surface area contributed by atoms with Crippen LogP contribution in [0.1, 0.15) is 89.3 Å². The summed E-state index contributed by atoms with van der Waals surface area (Å²) in [7, 11) is 1.56. The van der Waals surface area contributed by atoms with Crippen LogP contribution in [-0.2, 0) is 20.9 Å². The molecule has 270 valence electrons. The Morgan fingerprint density at radius 2 is 1.65 bits per heavy atom. The molecule has 0 bridgehead atoms. The standard InChI is InChI=1S/C41H50N4O5S/c1-27(44(5)40(48)50-41(2,3)4)37(46)43-36(29-17-10-7-11-18-29)39(47)45-24-14-21-34(45)38-42-33(26-51-38)31-22-23-35(32-20-13-12-19-30(31)32)49-25-28-15-8-6-9-16-28/h6,8-9,12-13,15-16,19-20,22-23,26-27,29,34,36H,7,10-11,14,17-18,21,24-25H2,1-5H3,(H,43,46)/t27-,34-,36-/m0/s1. The fraction of sp³-hybridized carbons (Fsp3) is 0.463. The summed E-state index contributed by atoms with van der Waals surface area (Å²) in [6.07, 6.45) is 6.05. The molecule has 2 aliphatic rings. The molecule has 0 spiro atoms. The third-order valence-electron chi connectivity index (χ3n) is 10.1. The van der Waals surface area contributed by atoms with Crippen molar-refractivity contribution in [3.8, 4) is 17.0 Å². The van der Waals surface area contributed by atoms with E-state index >= 15 is 0 Å². The molecule has 3 aromatic carbocycles. The topological polar surface area (TPSA) is 101 Å². The molecule has 0 radical (unpaired) electrons. The maximum atomic E-state index is 14.5. The number of aromatic nitrogens is 1. The molecule has 6 rings (SSSR count). The van der Waals surface area contributed by atoms with Crippen molar-refractivity contribution < 1.29 is 23.9 Å². The highest BCUT2D eigenvalue weighted by Gasteiger charge is 2.41. The minimum atomic E-state index is -0.806. The van der Waals surface area contributed by atoms with Crippen molar-refractivity contribution in [1.29, 1.82) is 0 Å². The minimum absolute atomic E-state index is 0.0383. The second kappa shape index (κ2) is 15.8. The summed E-state index contributed by atoms with van der Waals surface area (Å²) in [4.78, 5) is 49.2. The Balaban J connectivity index is 1.20. The monoisotopic (exact) mass is 710 g/mol. The number of carbonyl (C=O) groups excluding carboxylic acids is 3. The summed E-state index contributed by atoms with van der Waals surface area (Å²) in [5, 5.41) is 8.17. The van der Waals surface area contributed by atoms with Crippen LogP contribution in [0.3, 0.4) is 0 Å². The Labute approximate surface area is 305 Å². The molecule has 3 amide bonds. The number of rotatable bonds is 10. The molecular weight excluding hydrogens is 661 g/mol. The lowest BCUT2D eigenvalue weighted by Crippen LogP contribution is -2.56. The van der Waals surface area contributed by atoms with Gasteiger partial charge in [-0.25, -0.2) is 9.78 Å². The van der Waals surface area contributed by atoms with E-state index in [1.807, 2.05) is 41.3 Å². The molecule has 2 heterocycles. The SMILES string of the molecule is C[C@@H](C(=O)N[C@H](C(=O)N1CCC[C@H]1c1nc(-c2ccc(OCc3ccccc3)c3ccccc23)cs1)C1CCCCC1)N(C)C(=O)OC(C)(C)C. The number of likely N-dealkylation sites (tertiary alicyclic amines) is 1. The Hall–Kier alpha value is -4.44. The molecular formula is C41H50N4O5S. The third kappa shape index (κ3) is 8.55. The Morgan fingerprint density at radius 1 is 0.941 bits per heavy atom. The normalized spacial score (nSPS) is 17.9. The number of thiazole rings is 1. The van der Waals surface area contributed by atoms with E-state index in [0.717, 1.165) is 83.3 Å². The van der Waals surface area contributed by atoms with Crippen LogP contribution in [0.5, 0.6) is 5.75 Å². The molecule has 1 aliphatic carbocycles. The van der Waals surface area contributed by atoms with Gasteiger partial charge in [-0.3, -0.25) is 14.5 Å². The first kappa shape index (κ1) is 36.4. The molecule has 1 aromatic heterocycles. The van der Waals surface area contributed by atoms with Gasteiger partial charge in [-0.2, -0.15) is 0 Å². The number of ether oxygens (including phenoxy) is 2. The first-order chi connectivity index (χ1) is 24.5. The lowest BCUT2D eigenvalue weighted by atomic mass is 9.83. The first-order valence-corrected chi connectivity index (χ1v) is 19.1. The van der Waals surface area contributed by atoms with Gasteiger partial charge in [-0.05, 0) is 82.4 Å². The number of nitrogens with zero attached hydrogens (tertiary/aromatic N) is 3. The van der Waals surface area contributed by atoms with Crippen molar-refractivity contribution in [2.24, 2.45) is 5.92 Å². The molecule has 1 saturated heterocycles. The molecule has 51 heavy (non-hydrogen) atoms. The maximum Gasteiger partial charge on any atom is 0.410 e. The quantitative estimate of drug-likeness (QED) is 0.177. The lowest BCUT2D eigenvalue weighted by Gasteiger charge is -2.36. The highest BCUT2D eigenvalue weighted by atomic mass is 32.1. The zero-order valence-electron chi connectivity index (χ0n) is 30.4. The van der Waals surface area contributed by atoms with Crippen molar-refractivity contribution in [3.63, 3.8) is 0 Å². The molecule has 1 aliphatic heterocycles. The zero-order valence-corrected chi connectivity index (χ0v) is 31.2. The number of benzene rings is 3. The van der Waals surface area contributed by atoms with Gasteiger partial charge in [-0.1, -0.05) is 73.9 Å². The number of carbonyl (C=O) groups is 3. The van der Waals surface area contributed by atoms with Gasteiger partial charge in [0.25, 0.3) is 0 Å². The lowest BCUT2D eigenvalue weighted by molar-refractivity contribution is -0.140. The van der Waals surface area contributed by atoms with Crippen molar-refractivity contribution in [1.82, 2.24) is 20.1 Å². The molecule has 1 N–H and O–H groups in total. The van der Waals surface area contributed by atoms with Crippen LogP contribution in [0.25, 0.3) is 22.0 Å². The van der Waals surface area contributed by atoms with E-state index in [0.29, 0.717) is 13.2 Å². The summed E-state index contributed by atoms with van der Waals surface area (Å²) in [6.45, 7) is 8.14. The summed E-state index contributed by atoms with van der Waals surface area (Å²) in [5.41, 5.74) is 2.32. The van der Waals surface area contributed by atoms with E-state index in [2.05, 4.69) is 41.0 Å². The smallest absolute Gasteiger partial charge is 0.410 e. The number of hydrogen-bond acceptors (Lipinski definition) is 7. The van der Waals surface area contributed by atoms with Gasteiger partial charge in [0.05, 0.1) is 11.7 Å². The van der Waals surface area contributed by atoms with Gasteiger partial charge in [0.1, 0.15) is 35.0 Å². The van der Waals surface area contributed by atoms with Crippen LogP contribution in [0.15, 0.2) is 72.1 Å². The number of amides is 3. The maximum absolute atomic E-state index is 14.5. The zero-order chi connectivity index (χ0) is 36.1. The Bertz CT molecular complexity index is 1830. The average molecular weight is 711 g/mol. The van der Waals surface area contributed by atoms with Crippen molar-refractivity contribution in [2.45, 2.75) is 103 Å². The second-order valence-electron chi connectivity index (χ2n) is 14.8. The number of nitrogens with one attached hydrogen (secondary N) is 1. The minimum Gasteiger partial charge on any atom is -0.488 e. The number of fused-ring (bicyclic) bond motifs is 1. The molecule has 10 heteroatoms. The van der Waals surface area contributed by atoms with Gasteiger partial charge >= 0.3 is 6.09 Å². The van der Waals surface area contributed by atoms with Gasteiger partial charge < -0.3 is 19.7 Å². The third-order valence-corrected chi connectivity index (χ3v) is 11.0. The molecule has 0 unspecified atom stereocenters. The highest BCUT2D eigenvalue weighted by molar-refractivity contribution is 7.10. The predicted octanol–water partition coefficient (Wildman–Crippen LogP) is 8.53. The van der Waals surface area contributed by atoms with E-state index in [4.69, 9.17) is 14.5 Å². The van der Waals surface area contributed by atoms with Gasteiger partial charge in [0.2, 0.25) is 11.8 Å². The highest BCUT2D eigenvalue weighted by Crippen LogP contribution is 2.40. The van der Waals surface area contributed by atoms with Crippen LogP contribution in [0.4, 0.5) is 4.79 Å². The fourth-order valence-corrected chi connectivity index (χ4v) is 8.14. The summed E-state index contributed by atoms with van der Waals surface area (Å²) < 4.78 is 11.8. The predicted molar refractivity (Wildman–Crippen MR) is 201 cm³/mol. The summed E-state index contributed by atoms with van der Waals surface area (Å²) >= 11 is 1.58. The van der Waals surface area contributed by atoms with Crippen LogP contribution >= 0.6 is 11.3 Å². The van der Waals surface area contributed by atoms with Crippen LogP contribution in [0.2, 0.25) is 0 Å². The molecule has 4 aromatic rings. The van der Waals surface area contributed by atoms with Crippen molar-refractivity contribution in [3.05, 3.63) is 82.7 Å². The molecule has 3 atom stereocenters. The second-order valence-corrected chi connectivity index (χ2v) is 15.7. The summed E-state index contributed by atoms with van der Waals surface area (Å²) in [5.74, 6) is 0.439. The molecule has 2 fully saturated rings. The van der Waals surface area contributed by atoms with Crippen LogP contribution < -0.4 is 10.1 Å². The largest absolute Gasteiger partial charge is 0.488 e. The van der Waals surface area contributed by atoms with Gasteiger partial charge in [0.15, 0.2) is 0 Å². The Kier molecular flexibility index (Phi) is 11.3. The van der Waals surface area contributed by atoms with E-state index < -0.39 is 23.8 Å². The van der Waals surface area contributed by atoms with E-state index in [-0.39, 0.29) is 23.8 Å². The summed E-state index contributed by atoms with van der Waals surface area (Å²) in [6, 6.07) is 20.8. The van der Waals surface area contributed by atoms with E-state index in [1.54, 1.807) is 46.1 Å². The fourth-order valence-electron chi connectivity index (χ4n) is 7.18.